The summed E-state index contributed by atoms with van der Waals surface area (Å²) in [7, 11) is 0. The Hall–Kier alpha value is -3.44. The number of carboxylic acid groups (broad SMARTS) is 1. The van der Waals surface area contributed by atoms with E-state index in [0.717, 1.165) is 22.9 Å². The van der Waals surface area contributed by atoms with E-state index in [1.165, 1.54) is 13.8 Å². The molecule has 34 heavy (non-hydrogen) atoms. The van der Waals surface area contributed by atoms with E-state index >= 15 is 0 Å². The van der Waals surface area contributed by atoms with E-state index in [4.69, 9.17) is 5.11 Å². The van der Waals surface area contributed by atoms with E-state index in [2.05, 4.69) is 26.3 Å². The van der Waals surface area contributed by atoms with Gasteiger partial charge in [-0.3, -0.25) is 19.2 Å². The number of aliphatic hydroxyl groups excluding tert-OH is 1. The average molecular weight is 474 g/mol. The molecule has 2 heterocycles. The maximum Gasteiger partial charge on any atom is 0.325 e. The number of aromatic nitrogens is 1. The molecule has 1 saturated heterocycles. The summed E-state index contributed by atoms with van der Waals surface area (Å²) in [6.45, 7) is 3.38. The minimum absolute atomic E-state index is 0.0680. The summed E-state index contributed by atoms with van der Waals surface area (Å²) >= 11 is 0. The molecule has 3 rings (SSSR count). The molecule has 1 fully saturated rings. The van der Waals surface area contributed by atoms with Crippen LogP contribution in [-0.4, -0.2) is 75.7 Å². The van der Waals surface area contributed by atoms with E-state index < -0.39 is 54.0 Å². The van der Waals surface area contributed by atoms with Crippen molar-refractivity contribution >= 4 is 34.6 Å². The third kappa shape index (κ3) is 6.12. The van der Waals surface area contributed by atoms with Gasteiger partial charge in [0, 0.05) is 23.5 Å². The standard InChI is InChI=1S/C23H31N5O6/c1-12(23(33)34)26-21(31)18(10-14-11-25-16-7-4-3-6-15(14)16)27-22(32)19(13(2)29)28-20(30)17-8-5-9-24-17/h3-4,6-7,11-13,17-19,24-25,29H,5,8-10H2,1-2H3,(H,26,31)(H,27,32)(H,28,30)(H,33,34). The van der Waals surface area contributed by atoms with Crippen molar-refractivity contribution in [3.05, 3.63) is 36.0 Å². The highest BCUT2D eigenvalue weighted by atomic mass is 16.4. The van der Waals surface area contributed by atoms with Crippen LogP contribution in [0.25, 0.3) is 10.9 Å². The second-order valence-electron chi connectivity index (χ2n) is 8.57. The van der Waals surface area contributed by atoms with Crippen LogP contribution in [0.4, 0.5) is 0 Å². The van der Waals surface area contributed by atoms with Gasteiger partial charge in [0.25, 0.3) is 0 Å². The van der Waals surface area contributed by atoms with Crippen LogP contribution in [0.15, 0.2) is 30.5 Å². The molecular weight excluding hydrogens is 442 g/mol. The molecule has 1 aromatic carbocycles. The predicted octanol–water partition coefficient (Wildman–Crippen LogP) is -0.598. The lowest BCUT2D eigenvalue weighted by molar-refractivity contribution is -0.142. The highest BCUT2D eigenvalue weighted by Gasteiger charge is 2.33. The number of H-pyrrole nitrogens is 1. The zero-order valence-corrected chi connectivity index (χ0v) is 19.1. The van der Waals surface area contributed by atoms with Gasteiger partial charge >= 0.3 is 5.97 Å². The molecule has 0 bridgehead atoms. The summed E-state index contributed by atoms with van der Waals surface area (Å²) in [5.41, 5.74) is 1.59. The molecule has 3 amide bonds. The van der Waals surface area contributed by atoms with E-state index in [1.54, 1.807) is 6.20 Å². The van der Waals surface area contributed by atoms with Crippen molar-refractivity contribution in [3.63, 3.8) is 0 Å². The number of carboxylic acids is 1. The van der Waals surface area contributed by atoms with E-state index in [9.17, 15) is 24.3 Å². The highest BCUT2D eigenvalue weighted by Crippen LogP contribution is 2.19. The Morgan fingerprint density at radius 2 is 1.82 bits per heavy atom. The fourth-order valence-corrected chi connectivity index (χ4v) is 3.93. The van der Waals surface area contributed by atoms with Crippen LogP contribution in [0.2, 0.25) is 0 Å². The number of amides is 3. The second kappa shape index (κ2) is 11.1. The van der Waals surface area contributed by atoms with Crippen molar-refractivity contribution in [2.24, 2.45) is 0 Å². The lowest BCUT2D eigenvalue weighted by Crippen LogP contribution is -2.60. The SMILES string of the molecule is CC(NC(=O)C(Cc1c[nH]c2ccccc12)NC(=O)C(NC(=O)C1CCCN1)C(C)O)C(=O)O. The molecule has 2 aromatic rings. The van der Waals surface area contributed by atoms with E-state index in [-0.39, 0.29) is 6.42 Å². The summed E-state index contributed by atoms with van der Waals surface area (Å²) < 4.78 is 0. The van der Waals surface area contributed by atoms with Crippen LogP contribution in [-0.2, 0) is 25.6 Å². The van der Waals surface area contributed by atoms with Crippen molar-refractivity contribution in [3.8, 4) is 0 Å². The van der Waals surface area contributed by atoms with Gasteiger partial charge in [0.1, 0.15) is 18.1 Å². The maximum atomic E-state index is 13.1. The number of carbonyl (C=O) groups is 4. The molecule has 0 spiro atoms. The first-order valence-electron chi connectivity index (χ1n) is 11.3. The van der Waals surface area contributed by atoms with Crippen molar-refractivity contribution in [2.75, 3.05) is 6.54 Å². The number of hydrogen-bond acceptors (Lipinski definition) is 6. The molecule has 1 aliphatic heterocycles. The Bertz CT molecular complexity index is 1050. The molecular formula is C23H31N5O6. The van der Waals surface area contributed by atoms with Gasteiger partial charge in [-0.05, 0) is 44.9 Å². The lowest BCUT2D eigenvalue weighted by atomic mass is 10.0. The third-order valence-electron chi connectivity index (χ3n) is 5.90. The van der Waals surface area contributed by atoms with E-state index in [1.807, 2.05) is 24.3 Å². The molecule has 0 aliphatic carbocycles. The van der Waals surface area contributed by atoms with Gasteiger partial charge < -0.3 is 36.5 Å². The number of fused-ring (bicyclic) bond motifs is 1. The monoisotopic (exact) mass is 473 g/mol. The summed E-state index contributed by atoms with van der Waals surface area (Å²) in [6.07, 6.45) is 2.02. The number of aliphatic hydroxyl groups is 1. The molecule has 1 aliphatic rings. The minimum atomic E-state index is -1.29. The number of para-hydroxylation sites is 1. The van der Waals surface area contributed by atoms with Crippen LogP contribution in [0.3, 0.4) is 0 Å². The quantitative estimate of drug-likeness (QED) is 0.241. The van der Waals surface area contributed by atoms with Gasteiger partial charge in [0.05, 0.1) is 12.1 Å². The smallest absolute Gasteiger partial charge is 0.325 e. The van der Waals surface area contributed by atoms with Crippen LogP contribution in [0, 0.1) is 0 Å². The normalized spacial score (nSPS) is 19.1. The average Bonchev–Trinajstić information content (AvgIpc) is 3.47. The van der Waals surface area contributed by atoms with Crippen LogP contribution in [0.5, 0.6) is 0 Å². The fraction of sp³-hybridized carbons (Fsp3) is 0.478. The van der Waals surface area contributed by atoms with Crippen molar-refractivity contribution in [2.45, 2.75) is 63.4 Å². The van der Waals surface area contributed by atoms with Gasteiger partial charge in [-0.1, -0.05) is 18.2 Å². The first kappa shape index (κ1) is 25.2. The van der Waals surface area contributed by atoms with Crippen molar-refractivity contribution in [1.82, 2.24) is 26.3 Å². The minimum Gasteiger partial charge on any atom is -0.480 e. The Morgan fingerprint density at radius 1 is 1.09 bits per heavy atom. The first-order valence-corrected chi connectivity index (χ1v) is 11.3. The Labute approximate surface area is 196 Å². The zero-order valence-electron chi connectivity index (χ0n) is 19.1. The highest BCUT2D eigenvalue weighted by molar-refractivity contribution is 5.95. The van der Waals surface area contributed by atoms with Gasteiger partial charge in [0.2, 0.25) is 17.7 Å². The van der Waals surface area contributed by atoms with Crippen LogP contribution < -0.4 is 21.3 Å². The largest absolute Gasteiger partial charge is 0.480 e. The van der Waals surface area contributed by atoms with Crippen molar-refractivity contribution in [1.29, 1.82) is 0 Å². The lowest BCUT2D eigenvalue weighted by Gasteiger charge is -2.26. The van der Waals surface area contributed by atoms with E-state index in [0.29, 0.717) is 13.0 Å². The van der Waals surface area contributed by atoms with Crippen LogP contribution in [0.1, 0.15) is 32.3 Å². The van der Waals surface area contributed by atoms with Gasteiger partial charge in [-0.2, -0.15) is 0 Å². The zero-order chi connectivity index (χ0) is 24.8. The topological polar surface area (TPSA) is 173 Å². The summed E-state index contributed by atoms with van der Waals surface area (Å²) in [6, 6.07) is 3.39. The Kier molecular flexibility index (Phi) is 8.24. The number of hydrogen-bond donors (Lipinski definition) is 7. The van der Waals surface area contributed by atoms with Gasteiger partial charge in [-0.15, -0.1) is 0 Å². The molecule has 5 atom stereocenters. The van der Waals surface area contributed by atoms with Gasteiger partial charge in [-0.25, -0.2) is 0 Å². The van der Waals surface area contributed by atoms with Crippen molar-refractivity contribution < 1.29 is 29.4 Å². The summed E-state index contributed by atoms with van der Waals surface area (Å²) in [4.78, 5) is 52.8. The molecule has 5 unspecified atom stereocenters. The summed E-state index contributed by atoms with van der Waals surface area (Å²) in [5.74, 6) is -3.06. The Morgan fingerprint density at radius 3 is 2.47 bits per heavy atom. The van der Waals surface area contributed by atoms with Crippen LogP contribution >= 0.6 is 0 Å². The number of aromatic amines is 1. The molecule has 11 heteroatoms. The number of rotatable bonds is 10. The number of nitrogens with one attached hydrogen (secondary N) is 5. The molecule has 1 aromatic heterocycles. The number of benzene rings is 1. The molecule has 184 valence electrons. The molecule has 0 saturated carbocycles. The fourth-order valence-electron chi connectivity index (χ4n) is 3.93. The molecule has 11 nitrogen and oxygen atoms in total. The maximum absolute atomic E-state index is 13.1. The Balaban J connectivity index is 1.79. The molecule has 0 radical (unpaired) electrons. The molecule has 7 N–H and O–H groups in total. The second-order valence-corrected chi connectivity index (χ2v) is 8.57. The number of aliphatic carboxylic acids is 1. The predicted molar refractivity (Wildman–Crippen MR) is 124 cm³/mol. The number of carbonyl (C=O) groups excluding carboxylic acids is 3. The third-order valence-corrected chi connectivity index (χ3v) is 5.90. The van der Waals surface area contributed by atoms with Gasteiger partial charge in [0.15, 0.2) is 0 Å². The first-order chi connectivity index (χ1) is 16.2. The summed E-state index contributed by atoms with van der Waals surface area (Å²) in [5, 5.41) is 30.7.